The van der Waals surface area contributed by atoms with Crippen LogP contribution in [0.2, 0.25) is 0 Å². The Hall–Kier alpha value is -4.55. The molecular weight excluding hydrogens is 526 g/mol. The van der Waals surface area contributed by atoms with E-state index < -0.39 is 52.9 Å². The van der Waals surface area contributed by atoms with Crippen molar-refractivity contribution < 1.29 is 32.7 Å². The number of nitrogens with zero attached hydrogens (tertiary/aromatic N) is 3. The zero-order valence-electron chi connectivity index (χ0n) is 22.0. The SMILES string of the molecule is CC(C)CC(C(=O)N1CC2(C[C@H]1C(N)=O)Oc1ccncc1NC2=O)N(C)C(=O)c1cc2c(F)cc(F)cc2[nH]1. The van der Waals surface area contributed by atoms with Crippen LogP contribution >= 0.6 is 0 Å². The van der Waals surface area contributed by atoms with Gasteiger partial charge in [0.2, 0.25) is 17.4 Å². The Morgan fingerprint density at radius 2 is 2.02 bits per heavy atom. The van der Waals surface area contributed by atoms with Gasteiger partial charge in [0.15, 0.2) is 0 Å². The number of rotatable bonds is 6. The van der Waals surface area contributed by atoms with Gasteiger partial charge in [-0.25, -0.2) is 8.78 Å². The van der Waals surface area contributed by atoms with E-state index in [0.717, 1.165) is 6.07 Å². The fourth-order valence-corrected chi connectivity index (χ4v) is 5.32. The first kappa shape index (κ1) is 27.0. The largest absolute Gasteiger partial charge is 0.473 e. The number of likely N-dealkylation sites (N-methyl/N-ethyl adjacent to an activating group) is 1. The van der Waals surface area contributed by atoms with E-state index in [1.54, 1.807) is 6.07 Å². The fraction of sp³-hybridized carbons (Fsp3) is 0.370. The van der Waals surface area contributed by atoms with Gasteiger partial charge >= 0.3 is 0 Å². The van der Waals surface area contributed by atoms with Crippen molar-refractivity contribution in [3.05, 3.63) is 54.0 Å². The second-order valence-corrected chi connectivity index (χ2v) is 10.6. The summed E-state index contributed by atoms with van der Waals surface area (Å²) in [5.74, 6) is -3.99. The molecule has 2 unspecified atom stereocenters. The smallest absolute Gasteiger partial charge is 0.270 e. The molecule has 2 aromatic heterocycles. The number of aromatic amines is 1. The number of H-pyrrole nitrogens is 1. The van der Waals surface area contributed by atoms with Gasteiger partial charge in [-0.05, 0) is 24.5 Å². The van der Waals surface area contributed by atoms with Crippen molar-refractivity contribution in [2.75, 3.05) is 18.9 Å². The highest BCUT2D eigenvalue weighted by molar-refractivity contribution is 6.04. The number of pyridine rings is 1. The van der Waals surface area contributed by atoms with E-state index in [0.29, 0.717) is 17.5 Å². The Morgan fingerprint density at radius 1 is 1.27 bits per heavy atom. The summed E-state index contributed by atoms with van der Waals surface area (Å²) in [6.45, 7) is 3.44. The summed E-state index contributed by atoms with van der Waals surface area (Å²) in [5, 5.41) is 2.74. The zero-order chi connectivity index (χ0) is 28.9. The van der Waals surface area contributed by atoms with Crippen LogP contribution in [0.1, 0.15) is 37.2 Å². The molecule has 2 aliphatic heterocycles. The quantitative estimate of drug-likeness (QED) is 0.425. The van der Waals surface area contributed by atoms with Crippen molar-refractivity contribution in [3.8, 4) is 5.75 Å². The van der Waals surface area contributed by atoms with E-state index >= 15 is 0 Å². The highest BCUT2D eigenvalue weighted by atomic mass is 19.1. The number of carbonyl (C=O) groups is 4. The number of amides is 4. The third-order valence-corrected chi connectivity index (χ3v) is 7.34. The maximum atomic E-state index is 14.3. The van der Waals surface area contributed by atoms with Crippen LogP contribution < -0.4 is 15.8 Å². The molecule has 1 aromatic carbocycles. The number of aromatic nitrogens is 2. The maximum Gasteiger partial charge on any atom is 0.270 e. The fourth-order valence-electron chi connectivity index (χ4n) is 5.32. The standard InChI is InChI=1S/C27H28F2N6O5/c1-13(2)6-20(34(3)24(37)18-9-15-16(29)7-14(28)8-17(15)32-18)25(38)35-12-27(10-21(35)23(30)36)26(39)33-19-11-31-5-4-22(19)40-27/h4-5,7-9,11,13,20-21,32H,6,10,12H2,1-3H3,(H2,30,36)(H,33,39)/t20?,21-,27?/m0/s1. The Balaban J connectivity index is 1.46. The molecule has 40 heavy (non-hydrogen) atoms. The summed E-state index contributed by atoms with van der Waals surface area (Å²) in [5.41, 5.74) is 4.50. The number of benzene rings is 1. The number of primary amides is 1. The second kappa shape index (κ2) is 9.88. The van der Waals surface area contributed by atoms with Crippen molar-refractivity contribution in [2.45, 2.75) is 44.4 Å². The molecule has 0 bridgehead atoms. The third kappa shape index (κ3) is 4.61. The number of ether oxygens (including phenoxy) is 1. The Kier molecular flexibility index (Phi) is 6.68. The number of hydrogen-bond donors (Lipinski definition) is 3. The van der Waals surface area contributed by atoms with Gasteiger partial charge in [-0.2, -0.15) is 0 Å². The van der Waals surface area contributed by atoms with E-state index in [1.807, 2.05) is 13.8 Å². The minimum atomic E-state index is -1.58. The van der Waals surface area contributed by atoms with E-state index in [1.165, 1.54) is 35.3 Å². The number of nitrogens with one attached hydrogen (secondary N) is 2. The highest BCUT2D eigenvalue weighted by Gasteiger charge is 2.57. The molecule has 1 spiro atoms. The van der Waals surface area contributed by atoms with Crippen LogP contribution in [-0.2, 0) is 14.4 Å². The van der Waals surface area contributed by atoms with Crippen LogP contribution in [0.4, 0.5) is 14.5 Å². The summed E-state index contributed by atoms with van der Waals surface area (Å²) < 4.78 is 34.0. The van der Waals surface area contributed by atoms with Gasteiger partial charge in [0.1, 0.15) is 40.8 Å². The predicted molar refractivity (Wildman–Crippen MR) is 139 cm³/mol. The van der Waals surface area contributed by atoms with Crippen molar-refractivity contribution in [2.24, 2.45) is 11.7 Å². The monoisotopic (exact) mass is 554 g/mol. The van der Waals surface area contributed by atoms with Crippen molar-refractivity contribution in [1.82, 2.24) is 19.8 Å². The third-order valence-electron chi connectivity index (χ3n) is 7.34. The first-order valence-corrected chi connectivity index (χ1v) is 12.7. The van der Waals surface area contributed by atoms with Gasteiger partial charge < -0.3 is 30.6 Å². The lowest BCUT2D eigenvalue weighted by atomic mass is 9.96. The second-order valence-electron chi connectivity index (χ2n) is 10.6. The van der Waals surface area contributed by atoms with Gasteiger partial charge in [-0.3, -0.25) is 24.2 Å². The number of hydrogen-bond acceptors (Lipinski definition) is 6. The molecule has 4 amide bonds. The Morgan fingerprint density at radius 3 is 2.73 bits per heavy atom. The molecule has 3 aromatic rings. The zero-order valence-corrected chi connectivity index (χ0v) is 22.0. The lowest BCUT2D eigenvalue weighted by Gasteiger charge is -2.35. The van der Waals surface area contributed by atoms with Crippen molar-refractivity contribution >= 4 is 40.2 Å². The first-order chi connectivity index (χ1) is 18.9. The molecular formula is C27H28F2N6O5. The van der Waals surface area contributed by atoms with Gasteiger partial charge in [-0.1, -0.05) is 13.8 Å². The molecule has 1 saturated heterocycles. The van der Waals surface area contributed by atoms with Crippen molar-refractivity contribution in [3.63, 3.8) is 0 Å². The van der Waals surface area contributed by atoms with Crippen LogP contribution in [-0.4, -0.2) is 74.7 Å². The number of anilines is 1. The number of halogens is 2. The van der Waals surface area contributed by atoms with Gasteiger partial charge in [-0.15, -0.1) is 0 Å². The summed E-state index contributed by atoms with van der Waals surface area (Å²) in [4.78, 5) is 62.2. The van der Waals surface area contributed by atoms with E-state index in [-0.39, 0.29) is 41.9 Å². The number of nitrogens with two attached hydrogens (primary N) is 1. The molecule has 5 rings (SSSR count). The van der Waals surface area contributed by atoms with Gasteiger partial charge in [0.05, 0.1) is 18.3 Å². The lowest BCUT2D eigenvalue weighted by molar-refractivity contribution is -0.142. The molecule has 0 aliphatic carbocycles. The number of fused-ring (bicyclic) bond motifs is 2. The van der Waals surface area contributed by atoms with Crippen LogP contribution in [0.3, 0.4) is 0 Å². The Labute approximate surface area is 227 Å². The van der Waals surface area contributed by atoms with E-state index in [2.05, 4.69) is 15.3 Å². The maximum absolute atomic E-state index is 14.3. The van der Waals surface area contributed by atoms with Crippen LogP contribution in [0, 0.1) is 17.6 Å². The predicted octanol–water partition coefficient (Wildman–Crippen LogP) is 2.18. The Bertz CT molecular complexity index is 1540. The minimum absolute atomic E-state index is 0.0242. The molecule has 4 heterocycles. The lowest BCUT2D eigenvalue weighted by Crippen LogP contribution is -2.56. The van der Waals surface area contributed by atoms with Crippen LogP contribution in [0.5, 0.6) is 5.75 Å². The molecule has 11 nitrogen and oxygen atoms in total. The number of likely N-dealkylation sites (tertiary alicyclic amines) is 1. The van der Waals surface area contributed by atoms with Gasteiger partial charge in [0, 0.05) is 37.2 Å². The van der Waals surface area contributed by atoms with E-state index in [9.17, 15) is 28.0 Å². The average Bonchev–Trinajstić information content (AvgIpc) is 3.50. The normalized spacial score (nSPS) is 20.8. The summed E-state index contributed by atoms with van der Waals surface area (Å²) in [6.07, 6.45) is 2.94. The first-order valence-electron chi connectivity index (χ1n) is 12.7. The molecule has 210 valence electrons. The highest BCUT2D eigenvalue weighted by Crippen LogP contribution is 2.40. The molecule has 4 N–H and O–H groups in total. The minimum Gasteiger partial charge on any atom is -0.473 e. The molecule has 0 radical (unpaired) electrons. The van der Waals surface area contributed by atoms with E-state index in [4.69, 9.17) is 10.5 Å². The number of carbonyl (C=O) groups excluding carboxylic acids is 4. The average molecular weight is 555 g/mol. The molecule has 0 saturated carbocycles. The summed E-state index contributed by atoms with van der Waals surface area (Å²) in [7, 11) is 1.41. The van der Waals surface area contributed by atoms with Crippen LogP contribution in [0.25, 0.3) is 10.9 Å². The molecule has 2 aliphatic rings. The summed E-state index contributed by atoms with van der Waals surface area (Å²) in [6, 6.07) is 2.35. The molecule has 13 heteroatoms. The van der Waals surface area contributed by atoms with Crippen molar-refractivity contribution in [1.29, 1.82) is 0 Å². The van der Waals surface area contributed by atoms with Gasteiger partial charge in [0.25, 0.3) is 11.8 Å². The molecule has 3 atom stereocenters. The molecule has 1 fully saturated rings. The van der Waals surface area contributed by atoms with Crippen LogP contribution in [0.15, 0.2) is 36.7 Å². The topological polar surface area (TPSA) is 151 Å². The summed E-state index contributed by atoms with van der Waals surface area (Å²) >= 11 is 0.